The monoisotopic (exact) mass is 387 g/mol. The molecule has 1 heterocycles. The van der Waals surface area contributed by atoms with E-state index in [4.69, 9.17) is 0 Å². The lowest BCUT2D eigenvalue weighted by Gasteiger charge is -2.21. The van der Waals surface area contributed by atoms with E-state index in [9.17, 15) is 9.59 Å². The molecule has 0 aliphatic rings. The summed E-state index contributed by atoms with van der Waals surface area (Å²) in [5.41, 5.74) is 2.84. The average Bonchev–Trinajstić information content (AvgIpc) is 2.78. The first kappa shape index (κ1) is 20.3. The van der Waals surface area contributed by atoms with Crippen LogP contribution in [-0.2, 0) is 13.1 Å². The zero-order valence-electron chi connectivity index (χ0n) is 16.8. The summed E-state index contributed by atoms with van der Waals surface area (Å²) in [6.45, 7) is 3.50. The van der Waals surface area contributed by atoms with Crippen molar-refractivity contribution in [3.63, 3.8) is 0 Å². The number of nitrogens with zero attached hydrogens (tertiary/aromatic N) is 3. The topological polar surface area (TPSA) is 53.5 Å². The lowest BCUT2D eigenvalue weighted by molar-refractivity contribution is 0.0746. The normalized spacial score (nSPS) is 10.4. The van der Waals surface area contributed by atoms with E-state index < -0.39 is 0 Å². The van der Waals surface area contributed by atoms with E-state index in [1.165, 1.54) is 6.20 Å². The van der Waals surface area contributed by atoms with E-state index in [0.717, 1.165) is 11.1 Å². The molecule has 0 atom stereocenters. The van der Waals surface area contributed by atoms with Gasteiger partial charge in [-0.2, -0.15) is 0 Å². The fourth-order valence-corrected chi connectivity index (χ4v) is 3.12. The second-order valence-electron chi connectivity index (χ2n) is 6.88. The molecule has 3 rings (SSSR count). The zero-order valence-corrected chi connectivity index (χ0v) is 16.8. The first-order chi connectivity index (χ1) is 14.1. The summed E-state index contributed by atoms with van der Waals surface area (Å²) in [6.07, 6.45) is 1.52. The summed E-state index contributed by atoms with van der Waals surface area (Å²) in [4.78, 5) is 33.4. The number of carbonyl (C=O) groups is 2. The summed E-state index contributed by atoms with van der Waals surface area (Å²) in [5, 5.41) is 0. The summed E-state index contributed by atoms with van der Waals surface area (Å²) in [7, 11) is 1.75. The average molecular weight is 387 g/mol. The van der Waals surface area contributed by atoms with Gasteiger partial charge < -0.3 is 9.80 Å². The standard InChI is InChI=1S/C24H25N3O2/c1-3-27(18-20-12-8-5-9-13-20)24(29)22-16-21(14-15-25-22)23(28)26(2)17-19-10-6-4-7-11-19/h4-16H,3,17-18H2,1-2H3. The number of pyridine rings is 1. The van der Waals surface area contributed by atoms with Crippen LogP contribution in [0.15, 0.2) is 79.0 Å². The molecule has 0 saturated heterocycles. The van der Waals surface area contributed by atoms with Crippen molar-refractivity contribution in [2.24, 2.45) is 0 Å². The predicted molar refractivity (Wildman–Crippen MR) is 113 cm³/mol. The van der Waals surface area contributed by atoms with Crippen molar-refractivity contribution in [3.05, 3.63) is 101 Å². The summed E-state index contributed by atoms with van der Waals surface area (Å²) in [5.74, 6) is -0.326. The molecular formula is C24H25N3O2. The van der Waals surface area contributed by atoms with Crippen molar-refractivity contribution in [2.45, 2.75) is 20.0 Å². The Morgan fingerprint density at radius 1 is 0.828 bits per heavy atom. The van der Waals surface area contributed by atoms with Crippen LogP contribution in [0.3, 0.4) is 0 Å². The lowest BCUT2D eigenvalue weighted by Crippen LogP contribution is -2.31. The van der Waals surface area contributed by atoms with Crippen LogP contribution in [-0.4, -0.2) is 40.2 Å². The van der Waals surface area contributed by atoms with Crippen LogP contribution in [0, 0.1) is 0 Å². The van der Waals surface area contributed by atoms with Gasteiger partial charge in [0.25, 0.3) is 11.8 Å². The Morgan fingerprint density at radius 2 is 1.41 bits per heavy atom. The molecule has 0 fully saturated rings. The van der Waals surface area contributed by atoms with Gasteiger partial charge >= 0.3 is 0 Å². The highest BCUT2D eigenvalue weighted by atomic mass is 16.2. The minimum Gasteiger partial charge on any atom is -0.337 e. The number of hydrogen-bond acceptors (Lipinski definition) is 3. The van der Waals surface area contributed by atoms with E-state index in [1.54, 1.807) is 29.0 Å². The van der Waals surface area contributed by atoms with Gasteiger partial charge in [0.2, 0.25) is 0 Å². The van der Waals surface area contributed by atoms with Crippen LogP contribution in [0.1, 0.15) is 38.9 Å². The van der Waals surface area contributed by atoms with Crippen molar-refractivity contribution >= 4 is 11.8 Å². The highest BCUT2D eigenvalue weighted by molar-refractivity contribution is 5.98. The van der Waals surface area contributed by atoms with E-state index >= 15 is 0 Å². The van der Waals surface area contributed by atoms with Crippen LogP contribution < -0.4 is 0 Å². The molecule has 0 aliphatic heterocycles. The Kier molecular flexibility index (Phi) is 6.74. The van der Waals surface area contributed by atoms with Gasteiger partial charge in [-0.15, -0.1) is 0 Å². The minimum absolute atomic E-state index is 0.142. The number of benzene rings is 2. The van der Waals surface area contributed by atoms with Crippen LogP contribution >= 0.6 is 0 Å². The third-order valence-electron chi connectivity index (χ3n) is 4.72. The molecule has 0 N–H and O–H groups in total. The van der Waals surface area contributed by atoms with Crippen LogP contribution in [0.25, 0.3) is 0 Å². The zero-order chi connectivity index (χ0) is 20.6. The molecule has 5 heteroatoms. The largest absolute Gasteiger partial charge is 0.337 e. The van der Waals surface area contributed by atoms with Gasteiger partial charge in [0, 0.05) is 38.4 Å². The molecule has 0 bridgehead atoms. The highest BCUT2D eigenvalue weighted by Crippen LogP contribution is 2.12. The Morgan fingerprint density at radius 3 is 2.00 bits per heavy atom. The molecule has 0 unspecified atom stereocenters. The number of amides is 2. The van der Waals surface area contributed by atoms with Gasteiger partial charge in [0.15, 0.2) is 0 Å². The number of aromatic nitrogens is 1. The molecule has 1 aromatic heterocycles. The van der Waals surface area contributed by atoms with Crippen molar-refractivity contribution in [1.82, 2.24) is 14.8 Å². The van der Waals surface area contributed by atoms with Gasteiger partial charge in [-0.1, -0.05) is 60.7 Å². The first-order valence-electron chi connectivity index (χ1n) is 9.67. The number of carbonyl (C=O) groups excluding carboxylic acids is 2. The smallest absolute Gasteiger partial charge is 0.272 e. The Hall–Kier alpha value is -3.47. The molecule has 0 spiro atoms. The summed E-state index contributed by atoms with van der Waals surface area (Å²) < 4.78 is 0. The molecule has 0 aliphatic carbocycles. The van der Waals surface area contributed by atoms with Crippen molar-refractivity contribution < 1.29 is 9.59 Å². The Bertz CT molecular complexity index is 958. The minimum atomic E-state index is -0.184. The number of rotatable bonds is 7. The molecular weight excluding hydrogens is 362 g/mol. The van der Waals surface area contributed by atoms with Crippen LogP contribution in [0.5, 0.6) is 0 Å². The fraction of sp³-hybridized carbons (Fsp3) is 0.208. The quantitative estimate of drug-likeness (QED) is 0.615. The Balaban J connectivity index is 1.73. The predicted octanol–water partition coefficient (Wildman–Crippen LogP) is 4.02. The molecule has 3 aromatic rings. The SMILES string of the molecule is CCN(Cc1ccccc1)C(=O)c1cc(C(=O)N(C)Cc2ccccc2)ccn1. The molecule has 148 valence electrons. The molecule has 0 saturated carbocycles. The maximum Gasteiger partial charge on any atom is 0.272 e. The maximum absolute atomic E-state index is 13.0. The van der Waals surface area contributed by atoms with Gasteiger partial charge in [-0.3, -0.25) is 14.6 Å². The van der Waals surface area contributed by atoms with Crippen molar-refractivity contribution in [2.75, 3.05) is 13.6 Å². The van der Waals surface area contributed by atoms with Crippen molar-refractivity contribution in [3.8, 4) is 0 Å². The van der Waals surface area contributed by atoms with Crippen molar-refractivity contribution in [1.29, 1.82) is 0 Å². The maximum atomic E-state index is 13.0. The van der Waals surface area contributed by atoms with Crippen LogP contribution in [0.2, 0.25) is 0 Å². The molecule has 29 heavy (non-hydrogen) atoms. The lowest BCUT2D eigenvalue weighted by atomic mass is 10.1. The first-order valence-corrected chi connectivity index (χ1v) is 9.67. The van der Waals surface area contributed by atoms with Gasteiger partial charge in [0.05, 0.1) is 0 Å². The van der Waals surface area contributed by atoms with E-state index in [0.29, 0.717) is 25.2 Å². The summed E-state index contributed by atoms with van der Waals surface area (Å²) in [6, 6.07) is 22.9. The van der Waals surface area contributed by atoms with Crippen LogP contribution in [0.4, 0.5) is 0 Å². The molecule has 2 aromatic carbocycles. The van der Waals surface area contributed by atoms with E-state index in [2.05, 4.69) is 4.98 Å². The fourth-order valence-electron chi connectivity index (χ4n) is 3.12. The second-order valence-corrected chi connectivity index (χ2v) is 6.88. The molecule has 0 radical (unpaired) electrons. The van der Waals surface area contributed by atoms with Gasteiger partial charge in [0.1, 0.15) is 5.69 Å². The van der Waals surface area contributed by atoms with Gasteiger partial charge in [-0.25, -0.2) is 0 Å². The highest BCUT2D eigenvalue weighted by Gasteiger charge is 2.19. The van der Waals surface area contributed by atoms with E-state index in [1.807, 2.05) is 67.6 Å². The molecule has 5 nitrogen and oxygen atoms in total. The third kappa shape index (κ3) is 5.29. The van der Waals surface area contributed by atoms with Gasteiger partial charge in [-0.05, 0) is 30.2 Å². The Labute approximate surface area is 171 Å². The second kappa shape index (κ2) is 9.64. The third-order valence-corrected chi connectivity index (χ3v) is 4.72. The summed E-state index contributed by atoms with van der Waals surface area (Å²) >= 11 is 0. The molecule has 2 amide bonds. The van der Waals surface area contributed by atoms with E-state index in [-0.39, 0.29) is 17.5 Å². The number of hydrogen-bond donors (Lipinski definition) is 0.